The van der Waals surface area contributed by atoms with Crippen molar-refractivity contribution in [3.8, 4) is 0 Å². The number of ether oxygens (including phenoxy) is 1. The fourth-order valence-corrected chi connectivity index (χ4v) is 4.20. The Bertz CT molecular complexity index is 639. The molecule has 1 aliphatic rings. The lowest BCUT2D eigenvalue weighted by atomic mass is 10.3. The predicted octanol–water partition coefficient (Wildman–Crippen LogP) is -0.561. The Balaban J connectivity index is 2.26. The molecular weight excluding hydrogens is 306 g/mol. The molecule has 0 spiro atoms. The maximum atomic E-state index is 12.2. The number of thiazole rings is 1. The number of sulfonamides is 1. The second-order valence-corrected chi connectivity index (χ2v) is 6.97. The van der Waals surface area contributed by atoms with Gasteiger partial charge in [0.1, 0.15) is 6.04 Å². The van der Waals surface area contributed by atoms with Crippen molar-refractivity contribution in [2.75, 3.05) is 20.7 Å². The number of esters is 1. The molecule has 0 radical (unpaired) electrons. The second kappa shape index (κ2) is 5.46. The third-order valence-electron chi connectivity index (χ3n) is 2.88. The molecule has 1 fully saturated rings. The van der Waals surface area contributed by atoms with Crippen LogP contribution < -0.4 is 4.72 Å². The summed E-state index contributed by atoms with van der Waals surface area (Å²) in [5.74, 6) is -1.13. The van der Waals surface area contributed by atoms with Crippen molar-refractivity contribution in [2.45, 2.75) is 16.7 Å². The molecule has 1 aromatic rings. The van der Waals surface area contributed by atoms with Crippen molar-refractivity contribution < 1.29 is 22.7 Å². The van der Waals surface area contributed by atoms with Crippen LogP contribution >= 0.6 is 11.3 Å². The summed E-state index contributed by atoms with van der Waals surface area (Å²) < 4.78 is 31.0. The molecular formula is C10H13N3O5S2. The molecule has 1 saturated heterocycles. The van der Waals surface area contributed by atoms with Gasteiger partial charge in [0.05, 0.1) is 12.6 Å². The summed E-state index contributed by atoms with van der Waals surface area (Å²) >= 11 is 0.798. The van der Waals surface area contributed by atoms with E-state index in [-0.39, 0.29) is 15.8 Å². The van der Waals surface area contributed by atoms with Crippen LogP contribution in [-0.4, -0.2) is 56.9 Å². The molecule has 0 saturated carbocycles. The minimum Gasteiger partial charge on any atom is -0.464 e. The smallest absolute Gasteiger partial charge is 0.358 e. The van der Waals surface area contributed by atoms with Crippen LogP contribution in [0, 0.1) is 0 Å². The van der Waals surface area contributed by atoms with Crippen LogP contribution in [-0.2, 0) is 19.6 Å². The number of rotatable bonds is 4. The van der Waals surface area contributed by atoms with E-state index in [9.17, 15) is 18.0 Å². The lowest BCUT2D eigenvalue weighted by Crippen LogP contribution is -2.40. The van der Waals surface area contributed by atoms with E-state index in [0.717, 1.165) is 18.4 Å². The van der Waals surface area contributed by atoms with Gasteiger partial charge in [-0.25, -0.2) is 18.2 Å². The van der Waals surface area contributed by atoms with E-state index in [2.05, 4.69) is 14.4 Å². The molecule has 1 N–H and O–H groups in total. The van der Waals surface area contributed by atoms with Crippen molar-refractivity contribution >= 4 is 33.2 Å². The van der Waals surface area contributed by atoms with Crippen LogP contribution in [0.5, 0.6) is 0 Å². The van der Waals surface area contributed by atoms with Gasteiger partial charge in [-0.15, -0.1) is 11.3 Å². The van der Waals surface area contributed by atoms with Crippen LogP contribution in [0.2, 0.25) is 0 Å². The summed E-state index contributed by atoms with van der Waals surface area (Å²) in [6, 6.07) is -0.808. The highest BCUT2D eigenvalue weighted by Gasteiger charge is 2.35. The maximum absolute atomic E-state index is 12.2. The van der Waals surface area contributed by atoms with E-state index < -0.39 is 22.0 Å². The zero-order valence-electron chi connectivity index (χ0n) is 10.8. The van der Waals surface area contributed by atoms with E-state index in [1.165, 1.54) is 10.4 Å². The zero-order chi connectivity index (χ0) is 14.9. The van der Waals surface area contributed by atoms with Crippen molar-refractivity contribution in [3.63, 3.8) is 0 Å². The number of aromatic nitrogens is 1. The largest absolute Gasteiger partial charge is 0.464 e. The quantitative estimate of drug-likeness (QED) is 0.746. The molecule has 110 valence electrons. The van der Waals surface area contributed by atoms with Crippen LogP contribution in [0.3, 0.4) is 0 Å². The number of hydrogen-bond acceptors (Lipinski definition) is 7. The summed E-state index contributed by atoms with van der Waals surface area (Å²) in [4.78, 5) is 28.3. The molecule has 0 aromatic carbocycles. The van der Waals surface area contributed by atoms with E-state index in [4.69, 9.17) is 0 Å². The summed E-state index contributed by atoms with van der Waals surface area (Å²) in [6.45, 7) is 0.485. The molecule has 0 aliphatic carbocycles. The third kappa shape index (κ3) is 2.67. The Morgan fingerprint density at radius 1 is 1.60 bits per heavy atom. The number of carbonyl (C=O) groups is 2. The average molecular weight is 319 g/mol. The van der Waals surface area contributed by atoms with Crippen molar-refractivity contribution in [1.82, 2.24) is 14.6 Å². The summed E-state index contributed by atoms with van der Waals surface area (Å²) in [5.41, 5.74) is 0.965. The normalized spacial score (nSPS) is 19.4. The highest BCUT2D eigenvalue weighted by molar-refractivity contribution is 7.91. The van der Waals surface area contributed by atoms with Crippen LogP contribution in [0.1, 0.15) is 16.9 Å². The Morgan fingerprint density at radius 2 is 2.30 bits per heavy atom. The van der Waals surface area contributed by atoms with Gasteiger partial charge < -0.3 is 9.64 Å². The maximum Gasteiger partial charge on any atom is 0.358 e. The van der Waals surface area contributed by atoms with E-state index in [1.807, 2.05) is 0 Å². The fourth-order valence-electron chi connectivity index (χ4n) is 1.83. The third-order valence-corrected chi connectivity index (χ3v) is 5.72. The van der Waals surface area contributed by atoms with E-state index in [0.29, 0.717) is 13.0 Å². The van der Waals surface area contributed by atoms with Crippen molar-refractivity contribution in [2.24, 2.45) is 0 Å². The van der Waals surface area contributed by atoms with Gasteiger partial charge in [-0.05, 0) is 6.42 Å². The van der Waals surface area contributed by atoms with Crippen molar-refractivity contribution in [3.05, 3.63) is 11.2 Å². The van der Waals surface area contributed by atoms with Crippen LogP contribution in [0.25, 0.3) is 0 Å². The zero-order valence-corrected chi connectivity index (χ0v) is 12.5. The highest BCUT2D eigenvalue weighted by Crippen LogP contribution is 2.22. The first-order chi connectivity index (χ1) is 9.36. The summed E-state index contributed by atoms with van der Waals surface area (Å²) in [6.07, 6.45) is 0.390. The van der Waals surface area contributed by atoms with Gasteiger partial charge in [-0.2, -0.15) is 4.72 Å². The van der Waals surface area contributed by atoms with E-state index in [1.54, 1.807) is 7.05 Å². The molecule has 8 nitrogen and oxygen atoms in total. The van der Waals surface area contributed by atoms with Crippen molar-refractivity contribution in [1.29, 1.82) is 0 Å². The Morgan fingerprint density at radius 3 is 2.85 bits per heavy atom. The molecule has 2 heterocycles. The van der Waals surface area contributed by atoms with Gasteiger partial charge in [0.15, 0.2) is 9.90 Å². The summed E-state index contributed by atoms with van der Waals surface area (Å²) in [5, 5.41) is 0. The van der Waals surface area contributed by atoms with Gasteiger partial charge in [0.2, 0.25) is 5.91 Å². The average Bonchev–Trinajstić information content (AvgIpc) is 3.00. The van der Waals surface area contributed by atoms with Gasteiger partial charge >= 0.3 is 5.97 Å². The Kier molecular flexibility index (Phi) is 4.06. The first-order valence-electron chi connectivity index (χ1n) is 5.66. The number of carbonyl (C=O) groups excluding carboxylic acids is 2. The first kappa shape index (κ1) is 14.9. The molecule has 1 unspecified atom stereocenters. The SMILES string of the molecule is COC(=O)c1ncsc1S(=O)(=O)NC1CCN(C)C1=O. The minimum absolute atomic E-state index is 0.244. The standard InChI is InChI=1S/C10H13N3O5S2/c1-13-4-3-6(8(13)14)12-20(16,17)10-7(9(15)18-2)11-5-19-10/h5-6,12H,3-4H2,1-2H3. The molecule has 1 atom stereocenters. The Labute approximate surface area is 119 Å². The van der Waals surface area contributed by atoms with E-state index >= 15 is 0 Å². The molecule has 1 aromatic heterocycles. The second-order valence-electron chi connectivity index (χ2n) is 4.20. The number of hydrogen-bond donors (Lipinski definition) is 1. The highest BCUT2D eigenvalue weighted by atomic mass is 32.2. The first-order valence-corrected chi connectivity index (χ1v) is 8.02. The number of likely N-dealkylation sites (tertiary alicyclic amines) is 1. The van der Waals surface area contributed by atoms with Gasteiger partial charge in [-0.1, -0.05) is 0 Å². The van der Waals surface area contributed by atoms with Crippen LogP contribution in [0.4, 0.5) is 0 Å². The fraction of sp³-hybridized carbons (Fsp3) is 0.500. The Hall–Kier alpha value is -1.52. The predicted molar refractivity (Wildman–Crippen MR) is 69.8 cm³/mol. The number of methoxy groups -OCH3 is 1. The van der Waals surface area contributed by atoms with Gasteiger partial charge in [-0.3, -0.25) is 4.79 Å². The number of likely N-dealkylation sites (N-methyl/N-ethyl adjacent to an activating group) is 1. The molecule has 2 rings (SSSR count). The topological polar surface area (TPSA) is 106 Å². The molecule has 1 aliphatic heterocycles. The molecule has 10 heteroatoms. The monoisotopic (exact) mass is 319 g/mol. The van der Waals surface area contributed by atoms with Gasteiger partial charge in [0, 0.05) is 13.6 Å². The lowest BCUT2D eigenvalue weighted by molar-refractivity contribution is -0.127. The van der Waals surface area contributed by atoms with Gasteiger partial charge in [0.25, 0.3) is 10.0 Å². The molecule has 20 heavy (non-hydrogen) atoms. The lowest BCUT2D eigenvalue weighted by Gasteiger charge is -2.12. The summed E-state index contributed by atoms with van der Waals surface area (Å²) in [7, 11) is -1.24. The molecule has 0 bridgehead atoms. The number of nitrogens with zero attached hydrogens (tertiary/aromatic N) is 2. The minimum atomic E-state index is -3.98. The molecule has 1 amide bonds. The number of amides is 1. The van der Waals surface area contributed by atoms with Crippen LogP contribution in [0.15, 0.2) is 9.72 Å². The number of nitrogens with one attached hydrogen (secondary N) is 1.